The number of hydrogen-bond donors (Lipinski definition) is 1. The molecule has 1 aromatic rings. The molecule has 1 aromatic carbocycles. The van der Waals surface area contributed by atoms with E-state index in [1.807, 2.05) is 0 Å². The van der Waals surface area contributed by atoms with Crippen LogP contribution in [0.15, 0.2) is 30.3 Å². The van der Waals surface area contributed by atoms with Gasteiger partial charge in [-0.25, -0.2) is 0 Å². The van der Waals surface area contributed by atoms with Gasteiger partial charge in [-0.1, -0.05) is 30.3 Å². The average Bonchev–Trinajstić information content (AvgIpc) is 2.31. The minimum absolute atomic E-state index is 0. The molecule has 0 radical (unpaired) electrons. The zero-order valence-electron chi connectivity index (χ0n) is 10.1. The van der Waals surface area contributed by atoms with Gasteiger partial charge in [0.1, 0.15) is 19.2 Å². The number of benzene rings is 1. The number of quaternary nitrogens is 1. The zero-order valence-corrected chi connectivity index (χ0v) is 11.6. The Hall–Kier alpha value is -0.380. The van der Waals surface area contributed by atoms with Gasteiger partial charge in [-0.3, -0.25) is 0 Å². The third kappa shape index (κ3) is 2.56. The van der Waals surface area contributed by atoms with Crippen LogP contribution in [-0.2, 0) is 6.54 Å². The van der Waals surface area contributed by atoms with Crippen LogP contribution in [0.1, 0.15) is 18.4 Å². The standard InChI is InChI=1S/C14H20NO.BrH/c16-14-11-15(8-6-13(14)7-9-15)10-12-4-2-1-3-5-12;/h1-5,13-14,16H,6-11H2;1H/q+1;/p-1. The van der Waals surface area contributed by atoms with Gasteiger partial charge in [-0.15, -0.1) is 0 Å². The van der Waals surface area contributed by atoms with Crippen molar-refractivity contribution >= 4 is 0 Å². The number of halogens is 1. The quantitative estimate of drug-likeness (QED) is 0.680. The molecule has 1 N–H and O–H groups in total. The van der Waals surface area contributed by atoms with Gasteiger partial charge in [0.05, 0.1) is 13.1 Å². The summed E-state index contributed by atoms with van der Waals surface area (Å²) >= 11 is 0. The molecule has 0 saturated carbocycles. The molecule has 4 rings (SSSR count). The lowest BCUT2D eigenvalue weighted by Crippen LogP contribution is -3.00. The van der Waals surface area contributed by atoms with E-state index in [2.05, 4.69) is 30.3 Å². The highest BCUT2D eigenvalue weighted by Crippen LogP contribution is 2.35. The second kappa shape index (κ2) is 5.09. The molecule has 94 valence electrons. The normalized spacial score (nSPS) is 35.4. The first-order valence-corrected chi connectivity index (χ1v) is 6.35. The van der Waals surface area contributed by atoms with Gasteiger partial charge >= 0.3 is 0 Å². The van der Waals surface area contributed by atoms with E-state index >= 15 is 0 Å². The highest BCUT2D eigenvalue weighted by atomic mass is 79.9. The SMILES string of the molecule is OC1C[N+]2(Cc3ccccc3)CCC1CC2.[Br-]. The molecule has 3 heteroatoms. The molecule has 3 aliphatic rings. The first-order valence-electron chi connectivity index (χ1n) is 6.35. The Labute approximate surface area is 114 Å². The molecule has 0 amide bonds. The Morgan fingerprint density at radius 1 is 1.12 bits per heavy atom. The predicted octanol–water partition coefficient (Wildman–Crippen LogP) is -1.21. The molecule has 3 saturated heterocycles. The van der Waals surface area contributed by atoms with E-state index < -0.39 is 0 Å². The number of aliphatic hydroxyl groups excluding tert-OH is 1. The van der Waals surface area contributed by atoms with E-state index in [1.165, 1.54) is 31.5 Å². The topological polar surface area (TPSA) is 20.2 Å². The lowest BCUT2D eigenvalue weighted by atomic mass is 9.83. The van der Waals surface area contributed by atoms with E-state index in [0.29, 0.717) is 5.92 Å². The van der Waals surface area contributed by atoms with E-state index in [1.54, 1.807) is 0 Å². The minimum atomic E-state index is -0.0498. The average molecular weight is 298 g/mol. The van der Waals surface area contributed by atoms with Crippen molar-refractivity contribution in [3.63, 3.8) is 0 Å². The summed E-state index contributed by atoms with van der Waals surface area (Å²) in [5.74, 6) is 0.593. The predicted molar refractivity (Wildman–Crippen MR) is 63.7 cm³/mol. The molecule has 0 aliphatic carbocycles. The van der Waals surface area contributed by atoms with Gasteiger partial charge < -0.3 is 26.6 Å². The molecule has 2 bridgehead atoms. The number of piperidine rings is 3. The van der Waals surface area contributed by atoms with Crippen molar-refractivity contribution in [3.05, 3.63) is 35.9 Å². The Kier molecular flexibility index (Phi) is 3.91. The number of fused-ring (bicyclic) bond motifs is 3. The summed E-state index contributed by atoms with van der Waals surface area (Å²) in [5, 5.41) is 10.0. The van der Waals surface area contributed by atoms with Gasteiger partial charge in [-0.2, -0.15) is 0 Å². The highest BCUT2D eigenvalue weighted by molar-refractivity contribution is 5.13. The fourth-order valence-corrected chi connectivity index (χ4v) is 3.44. The number of aliphatic hydroxyl groups is 1. The second-order valence-electron chi connectivity index (χ2n) is 5.52. The summed E-state index contributed by atoms with van der Waals surface area (Å²) in [6, 6.07) is 10.7. The molecular formula is C14H20BrNO. The Bertz CT molecular complexity index is 360. The van der Waals surface area contributed by atoms with E-state index in [-0.39, 0.29) is 23.1 Å². The van der Waals surface area contributed by atoms with E-state index in [4.69, 9.17) is 0 Å². The van der Waals surface area contributed by atoms with Crippen LogP contribution in [0.25, 0.3) is 0 Å². The molecule has 0 spiro atoms. The molecule has 0 aromatic heterocycles. The maximum atomic E-state index is 10.0. The van der Waals surface area contributed by atoms with Crippen molar-refractivity contribution in [2.24, 2.45) is 5.92 Å². The second-order valence-corrected chi connectivity index (χ2v) is 5.52. The minimum Gasteiger partial charge on any atom is -1.00 e. The zero-order chi connectivity index (χ0) is 11.0. The summed E-state index contributed by atoms with van der Waals surface area (Å²) in [6.07, 6.45) is 2.38. The van der Waals surface area contributed by atoms with Crippen molar-refractivity contribution < 1.29 is 26.6 Å². The van der Waals surface area contributed by atoms with E-state index in [9.17, 15) is 5.11 Å². The Morgan fingerprint density at radius 3 is 2.35 bits per heavy atom. The third-order valence-electron chi connectivity index (χ3n) is 4.43. The monoisotopic (exact) mass is 297 g/mol. The molecule has 3 aliphatic heterocycles. The molecule has 2 nitrogen and oxygen atoms in total. The van der Waals surface area contributed by atoms with Crippen LogP contribution < -0.4 is 17.0 Å². The van der Waals surface area contributed by atoms with Crippen molar-refractivity contribution in [1.29, 1.82) is 0 Å². The van der Waals surface area contributed by atoms with Crippen LogP contribution in [0.3, 0.4) is 0 Å². The van der Waals surface area contributed by atoms with Crippen molar-refractivity contribution in [3.8, 4) is 0 Å². The van der Waals surface area contributed by atoms with Crippen LogP contribution in [0, 0.1) is 5.92 Å². The molecular weight excluding hydrogens is 278 g/mol. The number of hydrogen-bond acceptors (Lipinski definition) is 1. The van der Waals surface area contributed by atoms with Crippen LogP contribution in [0.4, 0.5) is 0 Å². The summed E-state index contributed by atoms with van der Waals surface area (Å²) in [6.45, 7) is 4.59. The Morgan fingerprint density at radius 2 is 1.76 bits per heavy atom. The maximum Gasteiger partial charge on any atom is 0.106 e. The lowest BCUT2D eigenvalue weighted by molar-refractivity contribution is -0.958. The molecule has 3 heterocycles. The third-order valence-corrected chi connectivity index (χ3v) is 4.43. The first kappa shape index (κ1) is 13.1. The van der Waals surface area contributed by atoms with Crippen molar-refractivity contribution in [2.75, 3.05) is 19.6 Å². The van der Waals surface area contributed by atoms with Gasteiger partial charge in [0.15, 0.2) is 0 Å². The molecule has 1 unspecified atom stereocenters. The fraction of sp³-hybridized carbons (Fsp3) is 0.571. The van der Waals surface area contributed by atoms with Gasteiger partial charge in [0, 0.05) is 24.3 Å². The van der Waals surface area contributed by atoms with Crippen LogP contribution >= 0.6 is 0 Å². The van der Waals surface area contributed by atoms with E-state index in [0.717, 1.165) is 17.6 Å². The number of nitrogens with zero attached hydrogens (tertiary/aromatic N) is 1. The van der Waals surface area contributed by atoms with Crippen molar-refractivity contribution in [2.45, 2.75) is 25.5 Å². The highest BCUT2D eigenvalue weighted by Gasteiger charge is 2.44. The molecule has 1 atom stereocenters. The van der Waals surface area contributed by atoms with Gasteiger partial charge in [0.2, 0.25) is 0 Å². The lowest BCUT2D eigenvalue weighted by Gasteiger charge is -2.51. The van der Waals surface area contributed by atoms with Gasteiger partial charge in [-0.05, 0) is 0 Å². The number of rotatable bonds is 2. The molecule has 17 heavy (non-hydrogen) atoms. The Balaban J connectivity index is 0.00000108. The maximum absolute atomic E-state index is 10.0. The van der Waals surface area contributed by atoms with Crippen LogP contribution in [-0.4, -0.2) is 35.3 Å². The summed E-state index contributed by atoms with van der Waals surface area (Å²) in [5.41, 5.74) is 1.41. The van der Waals surface area contributed by atoms with Crippen molar-refractivity contribution in [1.82, 2.24) is 0 Å². The van der Waals surface area contributed by atoms with Crippen LogP contribution in [0.5, 0.6) is 0 Å². The summed E-state index contributed by atoms with van der Waals surface area (Å²) in [4.78, 5) is 0. The first-order chi connectivity index (χ1) is 7.77. The molecule has 3 fully saturated rings. The van der Waals surface area contributed by atoms with Gasteiger partial charge in [0.25, 0.3) is 0 Å². The smallest absolute Gasteiger partial charge is 0.106 e. The summed E-state index contributed by atoms with van der Waals surface area (Å²) in [7, 11) is 0. The largest absolute Gasteiger partial charge is 1.00 e. The fourth-order valence-electron chi connectivity index (χ4n) is 3.44. The van der Waals surface area contributed by atoms with Crippen LogP contribution in [0.2, 0.25) is 0 Å². The summed E-state index contributed by atoms with van der Waals surface area (Å²) < 4.78 is 1.11.